The van der Waals surface area contributed by atoms with Crippen molar-refractivity contribution in [1.29, 1.82) is 0 Å². The number of rotatable bonds is 7. The Morgan fingerprint density at radius 2 is 1.03 bits per heavy atom. The molecule has 0 aliphatic carbocycles. The van der Waals surface area contributed by atoms with Crippen molar-refractivity contribution in [2.75, 3.05) is 7.11 Å². The SMILES string of the molecule is COc1ccc(/C(OS(=O)(=O)C(F)(F)F)=C(/OS(=O)(=O)C(F)(F)F)c2ccccc2)cc1. The van der Waals surface area contributed by atoms with E-state index >= 15 is 0 Å². The van der Waals surface area contributed by atoms with Crippen molar-refractivity contribution in [2.24, 2.45) is 0 Å². The van der Waals surface area contributed by atoms with Crippen LogP contribution in [0.1, 0.15) is 11.1 Å². The Balaban J connectivity index is 2.87. The zero-order chi connectivity index (χ0) is 24.4. The van der Waals surface area contributed by atoms with E-state index in [1.807, 2.05) is 0 Å². The molecule has 15 heteroatoms. The molecule has 0 saturated heterocycles. The third-order valence-electron chi connectivity index (χ3n) is 3.55. The molecule has 0 radical (unpaired) electrons. The monoisotopic (exact) mass is 506 g/mol. The fraction of sp³-hybridized carbons (Fsp3) is 0.176. The van der Waals surface area contributed by atoms with E-state index in [1.165, 1.54) is 25.3 Å². The van der Waals surface area contributed by atoms with Crippen LogP contribution in [0.4, 0.5) is 26.3 Å². The number of ether oxygens (including phenoxy) is 1. The Labute approximate surface area is 178 Å². The summed E-state index contributed by atoms with van der Waals surface area (Å²) in [5.41, 5.74) is -13.1. The average molecular weight is 506 g/mol. The molecule has 0 aliphatic rings. The number of halogens is 6. The molecular weight excluding hydrogens is 494 g/mol. The highest BCUT2D eigenvalue weighted by molar-refractivity contribution is 7.88. The Morgan fingerprint density at radius 3 is 1.38 bits per heavy atom. The maximum atomic E-state index is 12.9. The highest BCUT2D eigenvalue weighted by atomic mass is 32.2. The Morgan fingerprint density at radius 1 is 0.656 bits per heavy atom. The van der Waals surface area contributed by atoms with Crippen LogP contribution < -0.4 is 4.74 Å². The van der Waals surface area contributed by atoms with Gasteiger partial charge in [-0.25, -0.2) is 0 Å². The van der Waals surface area contributed by atoms with E-state index in [0.717, 1.165) is 36.4 Å². The summed E-state index contributed by atoms with van der Waals surface area (Å²) in [5, 5.41) is 0. The molecule has 0 saturated carbocycles. The zero-order valence-electron chi connectivity index (χ0n) is 15.6. The summed E-state index contributed by atoms with van der Waals surface area (Å²) in [6.45, 7) is 0. The van der Waals surface area contributed by atoms with Crippen LogP contribution in [-0.2, 0) is 28.6 Å². The smallest absolute Gasteiger partial charge is 0.497 e. The van der Waals surface area contributed by atoms with Gasteiger partial charge in [0.2, 0.25) is 0 Å². The molecule has 32 heavy (non-hydrogen) atoms. The molecule has 176 valence electrons. The van der Waals surface area contributed by atoms with E-state index in [2.05, 4.69) is 8.37 Å². The van der Waals surface area contributed by atoms with Gasteiger partial charge in [0, 0.05) is 11.1 Å². The van der Waals surface area contributed by atoms with Crippen LogP contribution in [0.15, 0.2) is 54.6 Å². The van der Waals surface area contributed by atoms with Gasteiger partial charge in [-0.05, 0) is 24.3 Å². The lowest BCUT2D eigenvalue weighted by Gasteiger charge is -2.18. The molecule has 2 aromatic rings. The fourth-order valence-corrected chi connectivity index (χ4v) is 3.05. The van der Waals surface area contributed by atoms with Gasteiger partial charge in [0.05, 0.1) is 7.11 Å². The van der Waals surface area contributed by atoms with Gasteiger partial charge in [-0.15, -0.1) is 0 Å². The van der Waals surface area contributed by atoms with Crippen molar-refractivity contribution in [3.63, 3.8) is 0 Å². The van der Waals surface area contributed by atoms with Gasteiger partial charge >= 0.3 is 31.3 Å². The second-order valence-electron chi connectivity index (χ2n) is 5.72. The van der Waals surface area contributed by atoms with Crippen molar-refractivity contribution in [3.8, 4) is 5.75 Å². The van der Waals surface area contributed by atoms with Gasteiger partial charge in [-0.3, -0.25) is 0 Å². The second kappa shape index (κ2) is 8.90. The summed E-state index contributed by atoms with van der Waals surface area (Å²) in [7, 11) is -11.7. The maximum absolute atomic E-state index is 12.9. The van der Waals surface area contributed by atoms with Crippen LogP contribution in [0, 0.1) is 0 Å². The first-order chi connectivity index (χ1) is 14.6. The van der Waals surface area contributed by atoms with Gasteiger partial charge in [-0.1, -0.05) is 30.3 Å². The molecule has 2 aromatic carbocycles. The lowest BCUT2D eigenvalue weighted by Crippen LogP contribution is -2.27. The highest BCUT2D eigenvalue weighted by Crippen LogP contribution is 2.38. The number of hydrogen-bond donors (Lipinski definition) is 0. The summed E-state index contributed by atoms with van der Waals surface area (Å²) in [6, 6.07) is 9.71. The Hall–Kier alpha value is -2.94. The molecule has 0 fully saturated rings. The third-order valence-corrected chi connectivity index (χ3v) is 5.45. The van der Waals surface area contributed by atoms with E-state index in [0.29, 0.717) is 0 Å². The lowest BCUT2D eigenvalue weighted by atomic mass is 10.1. The molecule has 0 atom stereocenters. The van der Waals surface area contributed by atoms with Crippen LogP contribution in [0.25, 0.3) is 11.5 Å². The van der Waals surface area contributed by atoms with Crippen LogP contribution in [0.2, 0.25) is 0 Å². The molecule has 0 aromatic heterocycles. The first-order valence-electron chi connectivity index (χ1n) is 8.04. The summed E-state index contributed by atoms with van der Waals surface area (Å²) in [6.07, 6.45) is 0. The molecule has 0 unspecified atom stereocenters. The van der Waals surface area contributed by atoms with E-state index in [1.54, 1.807) is 0 Å². The predicted octanol–water partition coefficient (Wildman–Crippen LogP) is 4.25. The Kier molecular flexibility index (Phi) is 7.04. The van der Waals surface area contributed by atoms with Gasteiger partial charge in [0.25, 0.3) is 0 Å². The topological polar surface area (TPSA) is 96.0 Å². The third kappa shape index (κ3) is 5.64. The molecule has 0 bridgehead atoms. The van der Waals surface area contributed by atoms with E-state index in [-0.39, 0.29) is 5.75 Å². The number of methoxy groups -OCH3 is 1. The summed E-state index contributed by atoms with van der Waals surface area (Å²) in [5.74, 6) is -2.76. The molecule has 7 nitrogen and oxygen atoms in total. The summed E-state index contributed by atoms with van der Waals surface area (Å²) < 4.78 is 137. The van der Waals surface area contributed by atoms with E-state index < -0.39 is 53.9 Å². The summed E-state index contributed by atoms with van der Waals surface area (Å²) in [4.78, 5) is 0. The zero-order valence-corrected chi connectivity index (χ0v) is 17.3. The number of benzene rings is 2. The Bertz CT molecular complexity index is 1180. The molecule has 2 rings (SSSR count). The normalized spacial score (nSPS) is 13.8. The standard InChI is InChI=1S/C17H12F6O7S2/c1-28-13-9-7-12(8-10-13)15(30-32(26,27)17(21,22)23)14(11-5-3-2-4-6-11)29-31(24,25)16(18,19)20/h2-10H,1H3/b15-14-. The fourth-order valence-electron chi connectivity index (χ4n) is 2.08. The number of hydrogen-bond acceptors (Lipinski definition) is 7. The molecule has 0 aliphatic heterocycles. The minimum Gasteiger partial charge on any atom is -0.497 e. The van der Waals surface area contributed by atoms with Crippen LogP contribution in [0.3, 0.4) is 0 Å². The minimum absolute atomic E-state index is 0.136. The number of alkyl halides is 6. The first-order valence-corrected chi connectivity index (χ1v) is 10.9. The molecule has 0 heterocycles. The molecular formula is C17H12F6O7S2. The van der Waals surface area contributed by atoms with E-state index in [9.17, 15) is 43.2 Å². The largest absolute Gasteiger partial charge is 0.534 e. The summed E-state index contributed by atoms with van der Waals surface area (Å²) >= 11 is 0. The minimum atomic E-state index is -6.45. The van der Waals surface area contributed by atoms with Crippen molar-refractivity contribution in [3.05, 3.63) is 65.7 Å². The lowest BCUT2D eigenvalue weighted by molar-refractivity contribution is -0.0520. The molecule has 0 spiro atoms. The van der Waals surface area contributed by atoms with E-state index in [4.69, 9.17) is 4.74 Å². The van der Waals surface area contributed by atoms with Crippen LogP contribution in [0.5, 0.6) is 5.75 Å². The molecule has 0 amide bonds. The first kappa shape index (κ1) is 25.3. The van der Waals surface area contributed by atoms with Crippen molar-refractivity contribution in [1.82, 2.24) is 0 Å². The average Bonchev–Trinajstić information content (AvgIpc) is 2.69. The van der Waals surface area contributed by atoms with Gasteiger partial charge in [0.1, 0.15) is 5.75 Å². The predicted molar refractivity (Wildman–Crippen MR) is 98.4 cm³/mol. The quantitative estimate of drug-likeness (QED) is 0.182. The van der Waals surface area contributed by atoms with Crippen LogP contribution in [-0.4, -0.2) is 35.0 Å². The van der Waals surface area contributed by atoms with Gasteiger partial charge in [0.15, 0.2) is 11.5 Å². The molecule has 0 N–H and O–H groups in total. The van der Waals surface area contributed by atoms with Gasteiger partial charge in [-0.2, -0.15) is 43.2 Å². The van der Waals surface area contributed by atoms with Crippen molar-refractivity contribution >= 4 is 31.8 Å². The van der Waals surface area contributed by atoms with Gasteiger partial charge < -0.3 is 13.1 Å². The second-order valence-corrected chi connectivity index (χ2v) is 8.79. The van der Waals surface area contributed by atoms with Crippen LogP contribution >= 0.6 is 0 Å². The highest BCUT2D eigenvalue weighted by Gasteiger charge is 2.51. The van der Waals surface area contributed by atoms with Crippen molar-refractivity contribution < 1.29 is 56.3 Å². The maximum Gasteiger partial charge on any atom is 0.534 e. The van der Waals surface area contributed by atoms with Crippen molar-refractivity contribution in [2.45, 2.75) is 11.0 Å².